The summed E-state index contributed by atoms with van der Waals surface area (Å²) in [5.41, 5.74) is 3.59. The van der Waals surface area contributed by atoms with Crippen LogP contribution in [-0.2, 0) is 17.6 Å². The highest BCUT2D eigenvalue weighted by Gasteiger charge is 2.41. The van der Waals surface area contributed by atoms with Crippen molar-refractivity contribution in [3.8, 4) is 0 Å². The molecule has 2 fully saturated rings. The van der Waals surface area contributed by atoms with Crippen molar-refractivity contribution in [2.75, 3.05) is 19.8 Å². The van der Waals surface area contributed by atoms with Crippen molar-refractivity contribution in [3.05, 3.63) is 35.4 Å². The summed E-state index contributed by atoms with van der Waals surface area (Å²) in [4.78, 5) is 0. The third-order valence-corrected chi connectivity index (χ3v) is 5.67. The molecule has 2 aliphatic carbocycles. The van der Waals surface area contributed by atoms with E-state index in [4.69, 9.17) is 4.74 Å². The van der Waals surface area contributed by atoms with Gasteiger partial charge in [0.25, 0.3) is 0 Å². The molecule has 0 aromatic heterocycles. The van der Waals surface area contributed by atoms with E-state index < -0.39 is 0 Å². The molecule has 0 spiro atoms. The topological polar surface area (TPSA) is 21.3 Å². The minimum absolute atomic E-state index is 0.387. The standard InChI is InChI=1S/C18H25NO/c1-18(11-20-12-18)10-19-17-15-6-7-16(17)9-14-5-3-2-4-13(14)8-15/h2-5,15-17,19H,6-12H2,1H3. The molecular weight excluding hydrogens is 246 g/mol. The minimum atomic E-state index is 0.387. The van der Waals surface area contributed by atoms with Crippen LogP contribution < -0.4 is 5.32 Å². The first-order valence-electron chi connectivity index (χ1n) is 8.11. The van der Waals surface area contributed by atoms with Gasteiger partial charge in [0.1, 0.15) is 0 Å². The van der Waals surface area contributed by atoms with E-state index in [1.165, 1.54) is 25.7 Å². The van der Waals surface area contributed by atoms with Gasteiger partial charge in [-0.3, -0.25) is 0 Å². The smallest absolute Gasteiger partial charge is 0.0554 e. The predicted molar refractivity (Wildman–Crippen MR) is 80.8 cm³/mol. The number of hydrogen-bond acceptors (Lipinski definition) is 2. The number of ether oxygens (including phenoxy) is 1. The summed E-state index contributed by atoms with van der Waals surface area (Å²) in [6.07, 6.45) is 5.36. The van der Waals surface area contributed by atoms with Crippen LogP contribution in [0.4, 0.5) is 0 Å². The second-order valence-electron chi connectivity index (χ2n) is 7.48. The lowest BCUT2D eigenvalue weighted by molar-refractivity contribution is -0.101. The van der Waals surface area contributed by atoms with Crippen molar-refractivity contribution in [1.29, 1.82) is 0 Å². The molecule has 3 aliphatic rings. The summed E-state index contributed by atoms with van der Waals surface area (Å²) in [6.45, 7) is 5.34. The molecule has 1 saturated heterocycles. The fourth-order valence-electron chi connectivity index (χ4n) is 4.40. The molecule has 0 amide bonds. The summed E-state index contributed by atoms with van der Waals surface area (Å²) >= 11 is 0. The average molecular weight is 271 g/mol. The molecule has 1 heterocycles. The van der Waals surface area contributed by atoms with Gasteiger partial charge >= 0.3 is 0 Å². The molecule has 2 nitrogen and oxygen atoms in total. The Balaban J connectivity index is 1.49. The van der Waals surface area contributed by atoms with Crippen LogP contribution in [-0.4, -0.2) is 25.8 Å². The third kappa shape index (κ3) is 2.19. The van der Waals surface area contributed by atoms with Crippen LogP contribution in [0, 0.1) is 17.3 Å². The first kappa shape index (κ1) is 12.8. The van der Waals surface area contributed by atoms with E-state index in [0.29, 0.717) is 5.41 Å². The van der Waals surface area contributed by atoms with Crippen LogP contribution in [0.25, 0.3) is 0 Å². The summed E-state index contributed by atoms with van der Waals surface area (Å²) < 4.78 is 5.38. The second-order valence-corrected chi connectivity index (χ2v) is 7.48. The van der Waals surface area contributed by atoms with Gasteiger partial charge in [-0.25, -0.2) is 0 Å². The van der Waals surface area contributed by atoms with Gasteiger partial charge in [0.15, 0.2) is 0 Å². The first-order valence-corrected chi connectivity index (χ1v) is 8.11. The fourth-order valence-corrected chi connectivity index (χ4v) is 4.40. The van der Waals surface area contributed by atoms with Crippen LogP contribution in [0.5, 0.6) is 0 Å². The summed E-state index contributed by atoms with van der Waals surface area (Å²) in [7, 11) is 0. The van der Waals surface area contributed by atoms with E-state index in [-0.39, 0.29) is 0 Å². The lowest BCUT2D eigenvalue weighted by Gasteiger charge is -2.40. The van der Waals surface area contributed by atoms with E-state index in [1.807, 2.05) is 0 Å². The highest BCUT2D eigenvalue weighted by Crippen LogP contribution is 2.40. The van der Waals surface area contributed by atoms with Gasteiger partial charge in [-0.15, -0.1) is 0 Å². The monoisotopic (exact) mass is 271 g/mol. The van der Waals surface area contributed by atoms with E-state index in [1.54, 1.807) is 11.1 Å². The zero-order valence-electron chi connectivity index (χ0n) is 12.4. The molecule has 0 radical (unpaired) electrons. The van der Waals surface area contributed by atoms with Crippen molar-refractivity contribution in [2.24, 2.45) is 17.3 Å². The number of hydrogen-bond donors (Lipinski definition) is 1. The van der Waals surface area contributed by atoms with Gasteiger partial charge < -0.3 is 10.1 Å². The van der Waals surface area contributed by atoms with Crippen molar-refractivity contribution < 1.29 is 4.74 Å². The van der Waals surface area contributed by atoms with Crippen molar-refractivity contribution in [2.45, 2.75) is 38.6 Å². The summed E-state index contributed by atoms with van der Waals surface area (Å²) in [5, 5.41) is 3.92. The Morgan fingerprint density at radius 2 is 1.70 bits per heavy atom. The molecular formula is C18H25NO. The van der Waals surface area contributed by atoms with Gasteiger partial charge in [0.2, 0.25) is 0 Å². The first-order chi connectivity index (χ1) is 9.73. The maximum Gasteiger partial charge on any atom is 0.0554 e. The molecule has 1 aromatic rings. The van der Waals surface area contributed by atoms with Crippen LogP contribution in [0.2, 0.25) is 0 Å². The molecule has 1 aliphatic heterocycles. The van der Waals surface area contributed by atoms with E-state index in [9.17, 15) is 0 Å². The zero-order valence-corrected chi connectivity index (χ0v) is 12.4. The number of fused-ring (bicyclic) bond motifs is 3. The van der Waals surface area contributed by atoms with Gasteiger partial charge in [-0.05, 0) is 48.6 Å². The highest BCUT2D eigenvalue weighted by atomic mass is 16.5. The Labute approximate surface area is 121 Å². The molecule has 2 unspecified atom stereocenters. The molecule has 2 bridgehead atoms. The molecule has 1 aromatic carbocycles. The number of rotatable bonds is 3. The van der Waals surface area contributed by atoms with Crippen LogP contribution >= 0.6 is 0 Å². The minimum Gasteiger partial charge on any atom is -0.380 e. The Morgan fingerprint density at radius 1 is 1.10 bits per heavy atom. The van der Waals surface area contributed by atoms with Gasteiger partial charge in [0, 0.05) is 18.0 Å². The van der Waals surface area contributed by atoms with Crippen molar-refractivity contribution >= 4 is 0 Å². The predicted octanol–water partition coefficient (Wildman–Crippen LogP) is 2.81. The van der Waals surface area contributed by atoms with E-state index >= 15 is 0 Å². The van der Waals surface area contributed by atoms with Gasteiger partial charge in [-0.1, -0.05) is 31.2 Å². The van der Waals surface area contributed by atoms with Crippen LogP contribution in [0.1, 0.15) is 30.9 Å². The molecule has 2 atom stereocenters. The Bertz CT molecular complexity index is 461. The molecule has 108 valence electrons. The Morgan fingerprint density at radius 3 is 2.20 bits per heavy atom. The van der Waals surface area contributed by atoms with Gasteiger partial charge in [0.05, 0.1) is 13.2 Å². The van der Waals surface area contributed by atoms with Crippen molar-refractivity contribution in [1.82, 2.24) is 5.32 Å². The maximum atomic E-state index is 5.38. The Kier molecular flexibility index (Phi) is 3.12. The van der Waals surface area contributed by atoms with Crippen LogP contribution in [0.3, 0.4) is 0 Å². The largest absolute Gasteiger partial charge is 0.380 e. The van der Waals surface area contributed by atoms with E-state index in [0.717, 1.165) is 37.6 Å². The lowest BCUT2D eigenvalue weighted by Crippen LogP contribution is -2.51. The number of nitrogens with one attached hydrogen (secondary N) is 1. The summed E-state index contributed by atoms with van der Waals surface area (Å²) in [5.74, 6) is 1.68. The summed E-state index contributed by atoms with van der Waals surface area (Å²) in [6, 6.07) is 9.81. The van der Waals surface area contributed by atoms with Gasteiger partial charge in [-0.2, -0.15) is 0 Å². The van der Waals surface area contributed by atoms with E-state index in [2.05, 4.69) is 36.5 Å². The average Bonchev–Trinajstić information content (AvgIpc) is 2.69. The molecule has 1 saturated carbocycles. The zero-order chi connectivity index (χ0) is 13.6. The Hall–Kier alpha value is -0.860. The molecule has 20 heavy (non-hydrogen) atoms. The quantitative estimate of drug-likeness (QED) is 0.913. The molecule has 1 N–H and O–H groups in total. The van der Waals surface area contributed by atoms with Crippen LogP contribution in [0.15, 0.2) is 24.3 Å². The second kappa shape index (κ2) is 4.85. The van der Waals surface area contributed by atoms with Crippen molar-refractivity contribution in [3.63, 3.8) is 0 Å². The maximum absolute atomic E-state index is 5.38. The highest BCUT2D eigenvalue weighted by molar-refractivity contribution is 5.30. The third-order valence-electron chi connectivity index (χ3n) is 5.67. The molecule has 4 rings (SSSR count). The normalized spacial score (nSPS) is 34.1. The lowest BCUT2D eigenvalue weighted by atomic mass is 9.87. The fraction of sp³-hybridized carbons (Fsp3) is 0.667. The molecule has 2 heteroatoms. The SMILES string of the molecule is CC1(CNC2C3CCC2Cc2ccccc2C3)COC1. The number of benzene rings is 1.